The lowest BCUT2D eigenvalue weighted by Gasteiger charge is -2.39. The highest BCUT2D eigenvalue weighted by Crippen LogP contribution is 2.54. The zero-order valence-corrected chi connectivity index (χ0v) is 21.9. The summed E-state index contributed by atoms with van der Waals surface area (Å²) >= 11 is 0. The van der Waals surface area contributed by atoms with Crippen molar-refractivity contribution in [1.29, 1.82) is 0 Å². The Morgan fingerprint density at radius 1 is 1.14 bits per heavy atom. The van der Waals surface area contributed by atoms with Crippen molar-refractivity contribution in [3.63, 3.8) is 0 Å². The number of anilines is 1. The summed E-state index contributed by atoms with van der Waals surface area (Å²) in [5.74, 6) is 0.292. The van der Waals surface area contributed by atoms with Crippen LogP contribution in [-0.4, -0.2) is 43.1 Å². The molecular weight excluding hydrogens is 450 g/mol. The summed E-state index contributed by atoms with van der Waals surface area (Å²) in [5.41, 5.74) is 5.33. The van der Waals surface area contributed by atoms with Crippen LogP contribution in [0, 0.1) is 12.8 Å². The van der Waals surface area contributed by atoms with Gasteiger partial charge in [0.05, 0.1) is 12.5 Å². The molecular formula is C30H35N3O3. The number of hydrogen-bond acceptors (Lipinski definition) is 5. The highest BCUT2D eigenvalue weighted by molar-refractivity contribution is 5.99. The Bertz CT molecular complexity index is 1370. The van der Waals surface area contributed by atoms with Gasteiger partial charge in [-0.05, 0) is 52.8 Å². The van der Waals surface area contributed by atoms with E-state index in [2.05, 4.69) is 79.6 Å². The van der Waals surface area contributed by atoms with E-state index >= 15 is 0 Å². The van der Waals surface area contributed by atoms with E-state index in [4.69, 9.17) is 14.5 Å². The van der Waals surface area contributed by atoms with Crippen LogP contribution in [0.4, 0.5) is 5.69 Å². The summed E-state index contributed by atoms with van der Waals surface area (Å²) in [6.07, 6.45) is 3.60. The van der Waals surface area contributed by atoms with Gasteiger partial charge >= 0.3 is 5.97 Å². The van der Waals surface area contributed by atoms with Crippen LogP contribution in [0.3, 0.4) is 0 Å². The van der Waals surface area contributed by atoms with Crippen molar-refractivity contribution in [1.82, 2.24) is 4.57 Å². The molecule has 0 spiro atoms. The Hall–Kier alpha value is -3.54. The summed E-state index contributed by atoms with van der Waals surface area (Å²) in [6, 6.07) is 14.9. The number of dihydropyridines is 1. The fourth-order valence-electron chi connectivity index (χ4n) is 6.17. The second-order valence-electron chi connectivity index (χ2n) is 9.33. The quantitative estimate of drug-likeness (QED) is 0.388. The van der Waals surface area contributed by atoms with Gasteiger partial charge in [-0.2, -0.15) is 0 Å². The van der Waals surface area contributed by atoms with E-state index in [1.165, 1.54) is 5.52 Å². The molecule has 3 heterocycles. The standard InChI is InChI=1S/C30H35N3O3/c1-6-32(7-2)21-14-15-24(27(18-21)35-9-4)30(25-19-36-29(34)22(25)16-17-31-30)28-20(5)33(8-3)26-13-11-10-12-23(26)28/h10-18,25H,6-9,19H2,1-5H3. The number of aliphatic imine (C=N–C) groups is 1. The Balaban J connectivity index is 1.86. The molecule has 6 nitrogen and oxygen atoms in total. The number of cyclic esters (lactones) is 1. The number of allylic oxidation sites excluding steroid dienone is 1. The minimum atomic E-state index is -0.855. The van der Waals surface area contributed by atoms with E-state index in [-0.39, 0.29) is 18.5 Å². The average Bonchev–Trinajstić information content (AvgIpc) is 3.42. The lowest BCUT2D eigenvalue weighted by molar-refractivity contribution is -0.135. The SMILES string of the molecule is CCOc1cc(N(CC)CC)ccc1C1(c2c(C)n(CC)c3ccccc23)N=CC=C2C(=O)OCC21. The van der Waals surface area contributed by atoms with Crippen LogP contribution in [0.25, 0.3) is 10.9 Å². The van der Waals surface area contributed by atoms with Crippen LogP contribution in [0.5, 0.6) is 5.75 Å². The monoisotopic (exact) mass is 485 g/mol. The maximum atomic E-state index is 12.8. The second-order valence-corrected chi connectivity index (χ2v) is 9.33. The largest absolute Gasteiger partial charge is 0.493 e. The number of carbonyl (C=O) groups is 1. The summed E-state index contributed by atoms with van der Waals surface area (Å²) in [4.78, 5) is 20.4. The summed E-state index contributed by atoms with van der Waals surface area (Å²) in [6.45, 7) is 14.1. The van der Waals surface area contributed by atoms with Crippen LogP contribution in [0.15, 0.2) is 59.1 Å². The first-order chi connectivity index (χ1) is 17.5. The molecule has 0 N–H and O–H groups in total. The van der Waals surface area contributed by atoms with E-state index in [0.29, 0.717) is 12.2 Å². The fourth-order valence-corrected chi connectivity index (χ4v) is 6.17. The van der Waals surface area contributed by atoms with E-state index in [0.717, 1.165) is 53.3 Å². The number of aryl methyl sites for hydroxylation is 1. The van der Waals surface area contributed by atoms with E-state index in [1.807, 2.05) is 13.0 Å². The van der Waals surface area contributed by atoms with Gasteiger partial charge < -0.3 is 18.9 Å². The first kappa shape index (κ1) is 24.2. The lowest BCUT2D eigenvalue weighted by atomic mass is 9.69. The summed E-state index contributed by atoms with van der Waals surface area (Å²) in [7, 11) is 0. The summed E-state index contributed by atoms with van der Waals surface area (Å²) < 4.78 is 14.3. The molecule has 1 fully saturated rings. The molecule has 0 bridgehead atoms. The third kappa shape index (κ3) is 3.46. The van der Waals surface area contributed by atoms with Gasteiger partial charge in [0.15, 0.2) is 0 Å². The van der Waals surface area contributed by atoms with Gasteiger partial charge in [0, 0.05) is 70.9 Å². The number of esters is 1. The molecule has 2 unspecified atom stereocenters. The van der Waals surface area contributed by atoms with Crippen molar-refractivity contribution in [2.24, 2.45) is 10.9 Å². The highest BCUT2D eigenvalue weighted by atomic mass is 16.5. The Morgan fingerprint density at radius 3 is 2.64 bits per heavy atom. The minimum Gasteiger partial charge on any atom is -0.493 e. The Kier molecular flexibility index (Phi) is 6.37. The predicted molar refractivity (Wildman–Crippen MR) is 145 cm³/mol. The van der Waals surface area contributed by atoms with Crippen molar-refractivity contribution in [2.45, 2.75) is 46.7 Å². The molecule has 1 aromatic heterocycles. The van der Waals surface area contributed by atoms with Gasteiger partial charge in [-0.15, -0.1) is 0 Å². The van der Waals surface area contributed by atoms with Crippen LogP contribution < -0.4 is 9.64 Å². The zero-order chi connectivity index (χ0) is 25.4. The molecule has 2 aliphatic heterocycles. The number of para-hydroxylation sites is 1. The number of nitrogens with zero attached hydrogens (tertiary/aromatic N) is 3. The third-order valence-electron chi connectivity index (χ3n) is 7.76. The average molecular weight is 486 g/mol. The maximum absolute atomic E-state index is 12.8. The number of rotatable bonds is 8. The molecule has 188 valence electrons. The zero-order valence-electron chi connectivity index (χ0n) is 21.9. The molecule has 2 aliphatic rings. The molecule has 0 radical (unpaired) electrons. The Labute approximate surface area is 213 Å². The maximum Gasteiger partial charge on any atom is 0.334 e. The highest BCUT2D eigenvalue weighted by Gasteiger charge is 2.53. The number of fused-ring (bicyclic) bond motifs is 2. The second kappa shape index (κ2) is 9.49. The van der Waals surface area contributed by atoms with E-state index < -0.39 is 5.54 Å². The van der Waals surface area contributed by atoms with Crippen molar-refractivity contribution < 1.29 is 14.3 Å². The molecule has 0 aliphatic carbocycles. The van der Waals surface area contributed by atoms with Crippen LogP contribution in [0.2, 0.25) is 0 Å². The molecule has 5 rings (SSSR count). The number of hydrogen-bond donors (Lipinski definition) is 0. The lowest BCUT2D eigenvalue weighted by Crippen LogP contribution is -2.39. The molecule has 36 heavy (non-hydrogen) atoms. The molecule has 0 amide bonds. The molecule has 1 saturated heterocycles. The third-order valence-corrected chi connectivity index (χ3v) is 7.76. The van der Waals surface area contributed by atoms with Crippen molar-refractivity contribution in [3.8, 4) is 5.75 Å². The predicted octanol–water partition coefficient (Wildman–Crippen LogP) is 5.64. The van der Waals surface area contributed by atoms with Gasteiger partial charge in [-0.1, -0.05) is 24.3 Å². The van der Waals surface area contributed by atoms with Crippen LogP contribution in [0.1, 0.15) is 44.5 Å². The van der Waals surface area contributed by atoms with Crippen molar-refractivity contribution in [2.75, 3.05) is 31.2 Å². The number of benzene rings is 2. The van der Waals surface area contributed by atoms with Crippen LogP contribution in [-0.2, 0) is 21.6 Å². The number of aromatic nitrogens is 1. The number of ether oxygens (including phenoxy) is 2. The Morgan fingerprint density at radius 2 is 1.92 bits per heavy atom. The minimum absolute atomic E-state index is 0.247. The topological polar surface area (TPSA) is 56.1 Å². The van der Waals surface area contributed by atoms with Crippen LogP contribution >= 0.6 is 0 Å². The van der Waals surface area contributed by atoms with E-state index in [1.54, 1.807) is 6.21 Å². The van der Waals surface area contributed by atoms with Gasteiger partial charge in [0.2, 0.25) is 0 Å². The molecule has 0 saturated carbocycles. The van der Waals surface area contributed by atoms with E-state index in [9.17, 15) is 4.79 Å². The molecule has 6 heteroatoms. The van der Waals surface area contributed by atoms with Gasteiger partial charge in [0.1, 0.15) is 17.9 Å². The first-order valence-corrected chi connectivity index (χ1v) is 13.0. The van der Waals surface area contributed by atoms with Crippen molar-refractivity contribution >= 4 is 28.8 Å². The normalized spacial score (nSPS) is 20.9. The fraction of sp³-hybridized carbons (Fsp3) is 0.400. The number of carbonyl (C=O) groups excluding carboxylic acids is 1. The first-order valence-electron chi connectivity index (χ1n) is 13.0. The van der Waals surface area contributed by atoms with Gasteiger partial charge in [0.25, 0.3) is 0 Å². The van der Waals surface area contributed by atoms with Crippen molar-refractivity contribution in [3.05, 3.63) is 70.9 Å². The smallest absolute Gasteiger partial charge is 0.334 e. The summed E-state index contributed by atoms with van der Waals surface area (Å²) in [5, 5.41) is 1.14. The van der Waals surface area contributed by atoms with Gasteiger partial charge in [-0.25, -0.2) is 4.79 Å². The van der Waals surface area contributed by atoms with Gasteiger partial charge in [-0.3, -0.25) is 4.99 Å². The molecule has 2 aromatic carbocycles. The molecule has 2 atom stereocenters. The molecule has 3 aromatic rings.